The third kappa shape index (κ3) is 3.34. The molecule has 0 saturated heterocycles. The van der Waals surface area contributed by atoms with Crippen molar-refractivity contribution in [3.05, 3.63) is 71.8 Å². The lowest BCUT2D eigenvalue weighted by Gasteiger charge is -2.52. The number of aldehydes is 1. The Morgan fingerprint density at radius 2 is 1.79 bits per heavy atom. The van der Waals surface area contributed by atoms with Crippen LogP contribution >= 0.6 is 0 Å². The molecule has 0 aromatic heterocycles. The standard InChI is InChI=1S/C24H25NO4/c1-3-29-22(28)24(16-25)15-23(2,18-12-8-5-9-13-18)21(27)19(14-26)20(24)17-10-6-4-7-11-17/h4-14,19-21,27H,3,15H2,1-2H3/t19-,20-,21-,23+,24-/m1/s1. The predicted octanol–water partition coefficient (Wildman–Crippen LogP) is 3.38. The Balaban J connectivity index is 2.25. The first kappa shape index (κ1) is 20.8. The highest BCUT2D eigenvalue weighted by atomic mass is 16.5. The minimum absolute atomic E-state index is 0.0460. The summed E-state index contributed by atoms with van der Waals surface area (Å²) in [6, 6.07) is 20.4. The van der Waals surface area contributed by atoms with Gasteiger partial charge in [-0.2, -0.15) is 5.26 Å². The SMILES string of the molecule is CCOC(=O)[C@@]1(C#N)C[C@@](C)(c2ccccc2)[C@H](O)[C@H](C=O)[C@H]1c1ccccc1. The number of nitriles is 1. The highest BCUT2D eigenvalue weighted by molar-refractivity contribution is 5.83. The monoisotopic (exact) mass is 391 g/mol. The maximum absolute atomic E-state index is 13.2. The maximum Gasteiger partial charge on any atom is 0.327 e. The molecule has 1 fully saturated rings. The van der Waals surface area contributed by atoms with Crippen molar-refractivity contribution >= 4 is 12.3 Å². The zero-order valence-corrected chi connectivity index (χ0v) is 16.6. The molecular formula is C24H25NO4. The Hall–Kier alpha value is -2.97. The second-order valence-corrected chi connectivity index (χ2v) is 7.81. The molecule has 1 N–H and O–H groups in total. The van der Waals surface area contributed by atoms with Crippen LogP contribution in [0.25, 0.3) is 0 Å². The van der Waals surface area contributed by atoms with Gasteiger partial charge >= 0.3 is 5.97 Å². The van der Waals surface area contributed by atoms with Gasteiger partial charge in [-0.15, -0.1) is 0 Å². The molecule has 2 aromatic rings. The number of carbonyl (C=O) groups is 2. The van der Waals surface area contributed by atoms with Gasteiger partial charge in [-0.05, 0) is 24.5 Å². The summed E-state index contributed by atoms with van der Waals surface area (Å²) in [5.74, 6) is -2.41. The third-order valence-electron chi connectivity index (χ3n) is 6.17. The van der Waals surface area contributed by atoms with Crippen LogP contribution in [0.1, 0.15) is 37.3 Å². The smallest absolute Gasteiger partial charge is 0.327 e. The fraction of sp³-hybridized carbons (Fsp3) is 0.375. The van der Waals surface area contributed by atoms with Crippen molar-refractivity contribution in [1.29, 1.82) is 5.26 Å². The molecular weight excluding hydrogens is 366 g/mol. The molecule has 1 aliphatic rings. The van der Waals surface area contributed by atoms with Gasteiger partial charge in [-0.3, -0.25) is 4.79 Å². The third-order valence-corrected chi connectivity index (χ3v) is 6.17. The van der Waals surface area contributed by atoms with Crippen LogP contribution in [-0.2, 0) is 19.7 Å². The summed E-state index contributed by atoms with van der Waals surface area (Å²) in [5, 5.41) is 21.6. The molecule has 0 spiro atoms. The quantitative estimate of drug-likeness (QED) is 0.624. The van der Waals surface area contributed by atoms with Crippen LogP contribution in [0, 0.1) is 22.7 Å². The molecule has 0 radical (unpaired) electrons. The van der Waals surface area contributed by atoms with E-state index in [0.29, 0.717) is 11.8 Å². The Labute approximate surface area is 170 Å². The van der Waals surface area contributed by atoms with Gasteiger partial charge < -0.3 is 14.6 Å². The Morgan fingerprint density at radius 3 is 2.31 bits per heavy atom. The first-order chi connectivity index (χ1) is 13.9. The van der Waals surface area contributed by atoms with Crippen LogP contribution in [0.4, 0.5) is 0 Å². The van der Waals surface area contributed by atoms with Gasteiger partial charge in [0.05, 0.1) is 24.7 Å². The van der Waals surface area contributed by atoms with Gasteiger partial charge in [0.1, 0.15) is 6.29 Å². The predicted molar refractivity (Wildman–Crippen MR) is 108 cm³/mol. The number of carbonyl (C=O) groups excluding carboxylic acids is 2. The van der Waals surface area contributed by atoms with E-state index in [9.17, 15) is 20.0 Å². The molecule has 0 heterocycles. The minimum Gasteiger partial charge on any atom is -0.465 e. The van der Waals surface area contributed by atoms with Crippen molar-refractivity contribution in [2.45, 2.75) is 37.7 Å². The number of aliphatic hydroxyl groups excluding tert-OH is 1. The summed E-state index contributed by atoms with van der Waals surface area (Å²) in [6.07, 6.45) is -0.346. The molecule has 150 valence electrons. The Bertz CT molecular complexity index is 907. The van der Waals surface area contributed by atoms with Crippen LogP contribution in [-0.4, -0.2) is 30.1 Å². The zero-order valence-electron chi connectivity index (χ0n) is 16.6. The average molecular weight is 391 g/mol. The molecule has 0 amide bonds. The van der Waals surface area contributed by atoms with Gasteiger partial charge in [0.25, 0.3) is 0 Å². The van der Waals surface area contributed by atoms with Crippen LogP contribution in [0.3, 0.4) is 0 Å². The average Bonchev–Trinajstić information content (AvgIpc) is 2.76. The summed E-state index contributed by atoms with van der Waals surface area (Å²) in [5.41, 5.74) is -1.14. The number of esters is 1. The van der Waals surface area contributed by atoms with Gasteiger partial charge in [-0.25, -0.2) is 0 Å². The van der Waals surface area contributed by atoms with E-state index >= 15 is 0 Å². The topological polar surface area (TPSA) is 87.4 Å². The fourth-order valence-electron chi connectivity index (χ4n) is 4.75. The minimum atomic E-state index is -1.60. The highest BCUT2D eigenvalue weighted by Gasteiger charge is 2.63. The van der Waals surface area contributed by atoms with E-state index < -0.39 is 34.7 Å². The van der Waals surface area contributed by atoms with E-state index in [1.807, 2.05) is 36.4 Å². The summed E-state index contributed by atoms with van der Waals surface area (Å²) in [6.45, 7) is 3.61. The number of benzene rings is 2. The first-order valence-electron chi connectivity index (χ1n) is 9.77. The maximum atomic E-state index is 13.2. The molecule has 5 nitrogen and oxygen atoms in total. The van der Waals surface area contributed by atoms with Crippen molar-refractivity contribution in [3.8, 4) is 6.07 Å². The summed E-state index contributed by atoms with van der Waals surface area (Å²) < 4.78 is 5.33. The number of hydrogen-bond acceptors (Lipinski definition) is 5. The van der Waals surface area contributed by atoms with Gasteiger partial charge in [-0.1, -0.05) is 67.6 Å². The largest absolute Gasteiger partial charge is 0.465 e. The second kappa shape index (κ2) is 8.18. The van der Waals surface area contributed by atoms with Crippen molar-refractivity contribution in [2.24, 2.45) is 11.3 Å². The first-order valence-corrected chi connectivity index (χ1v) is 9.77. The van der Waals surface area contributed by atoms with Crippen LogP contribution < -0.4 is 0 Å². The zero-order chi connectivity index (χ0) is 21.1. The molecule has 0 unspecified atom stereocenters. The van der Waals surface area contributed by atoms with E-state index in [1.54, 1.807) is 38.1 Å². The van der Waals surface area contributed by atoms with E-state index in [-0.39, 0.29) is 13.0 Å². The number of rotatable bonds is 5. The van der Waals surface area contributed by atoms with Gasteiger partial charge in [0, 0.05) is 11.3 Å². The molecule has 1 aliphatic carbocycles. The lowest BCUT2D eigenvalue weighted by Crippen LogP contribution is -2.58. The lowest BCUT2D eigenvalue weighted by atomic mass is 9.50. The van der Waals surface area contributed by atoms with Crippen LogP contribution in [0.15, 0.2) is 60.7 Å². The van der Waals surface area contributed by atoms with E-state index in [2.05, 4.69) is 6.07 Å². The molecule has 3 rings (SSSR count). The van der Waals surface area contributed by atoms with Crippen LogP contribution in [0.2, 0.25) is 0 Å². The fourth-order valence-corrected chi connectivity index (χ4v) is 4.75. The van der Waals surface area contributed by atoms with E-state index in [4.69, 9.17) is 4.74 Å². The Kier molecular flexibility index (Phi) is 5.86. The number of ether oxygens (including phenoxy) is 1. The molecule has 5 atom stereocenters. The van der Waals surface area contributed by atoms with Crippen LogP contribution in [0.5, 0.6) is 0 Å². The van der Waals surface area contributed by atoms with Gasteiger partial charge in [0.2, 0.25) is 0 Å². The number of hydrogen-bond donors (Lipinski definition) is 1. The van der Waals surface area contributed by atoms with Crippen molar-refractivity contribution in [1.82, 2.24) is 0 Å². The molecule has 2 aromatic carbocycles. The van der Waals surface area contributed by atoms with E-state index in [1.165, 1.54) is 0 Å². The summed E-state index contributed by atoms with van der Waals surface area (Å²) in [7, 11) is 0. The molecule has 5 heteroatoms. The van der Waals surface area contributed by atoms with Gasteiger partial charge in [0.15, 0.2) is 5.41 Å². The van der Waals surface area contributed by atoms with Crippen molar-refractivity contribution in [3.63, 3.8) is 0 Å². The summed E-state index contributed by atoms with van der Waals surface area (Å²) in [4.78, 5) is 25.4. The van der Waals surface area contributed by atoms with Crippen molar-refractivity contribution < 1.29 is 19.4 Å². The number of aliphatic hydroxyl groups is 1. The van der Waals surface area contributed by atoms with Crippen molar-refractivity contribution in [2.75, 3.05) is 6.61 Å². The molecule has 29 heavy (non-hydrogen) atoms. The van der Waals surface area contributed by atoms with E-state index in [0.717, 1.165) is 5.56 Å². The molecule has 1 saturated carbocycles. The Morgan fingerprint density at radius 1 is 1.21 bits per heavy atom. The number of nitrogens with zero attached hydrogens (tertiary/aromatic N) is 1. The highest BCUT2D eigenvalue weighted by Crippen LogP contribution is 2.57. The lowest BCUT2D eigenvalue weighted by molar-refractivity contribution is -0.162. The summed E-state index contributed by atoms with van der Waals surface area (Å²) >= 11 is 0. The normalized spacial score (nSPS) is 31.4. The molecule has 0 aliphatic heterocycles. The molecule has 0 bridgehead atoms. The second-order valence-electron chi connectivity index (χ2n) is 7.81.